The van der Waals surface area contributed by atoms with Gasteiger partial charge in [-0.05, 0) is 77.6 Å². The van der Waals surface area contributed by atoms with Gasteiger partial charge in [-0.1, -0.05) is 71.7 Å². The van der Waals surface area contributed by atoms with Gasteiger partial charge in [-0.2, -0.15) is 0 Å². The molecule has 0 atom stereocenters. The number of hydrogen-bond acceptors (Lipinski definition) is 3. The van der Waals surface area contributed by atoms with E-state index >= 15 is 0 Å². The van der Waals surface area contributed by atoms with Crippen LogP contribution in [0.15, 0.2) is 102 Å². The summed E-state index contributed by atoms with van der Waals surface area (Å²) in [6.07, 6.45) is 7.80. The highest BCUT2D eigenvalue weighted by Gasteiger charge is 2.14. The van der Waals surface area contributed by atoms with Crippen LogP contribution in [0.25, 0.3) is 40.2 Å². The Bertz CT molecular complexity index is 1660. The molecule has 0 aliphatic rings. The molecule has 5 aromatic rings. The monoisotopic (exact) mass is 556 g/mol. The summed E-state index contributed by atoms with van der Waals surface area (Å²) in [4.78, 5) is 17.6. The second kappa shape index (κ2) is 11.3. The molecule has 0 bridgehead atoms. The van der Waals surface area contributed by atoms with Gasteiger partial charge in [0.05, 0.1) is 16.3 Å². The van der Waals surface area contributed by atoms with E-state index in [0.29, 0.717) is 27.3 Å². The van der Waals surface area contributed by atoms with Crippen molar-refractivity contribution < 1.29 is 9.90 Å². The minimum Gasteiger partial charge on any atom is -0.478 e. The molecule has 0 aliphatic heterocycles. The number of imidazole rings is 1. The molecule has 4 nitrogen and oxygen atoms in total. The van der Waals surface area contributed by atoms with Gasteiger partial charge in [-0.15, -0.1) is 11.8 Å². The normalized spacial score (nSPS) is 11.2. The molecule has 0 unspecified atom stereocenters. The zero-order valence-electron chi connectivity index (χ0n) is 20.3. The second-order valence-electron chi connectivity index (χ2n) is 8.52. The Morgan fingerprint density at radius 3 is 2.42 bits per heavy atom. The van der Waals surface area contributed by atoms with Crippen LogP contribution in [0.1, 0.15) is 21.7 Å². The van der Waals surface area contributed by atoms with Crippen LogP contribution in [-0.2, 0) is 0 Å². The van der Waals surface area contributed by atoms with Gasteiger partial charge in [-0.25, -0.2) is 9.78 Å². The molecule has 0 fully saturated rings. The lowest BCUT2D eigenvalue weighted by atomic mass is 10.0. The van der Waals surface area contributed by atoms with Gasteiger partial charge in [0.1, 0.15) is 5.82 Å². The van der Waals surface area contributed by atoms with Gasteiger partial charge in [0, 0.05) is 27.4 Å². The maximum Gasteiger partial charge on any atom is 0.335 e. The first-order valence-electron chi connectivity index (χ1n) is 11.7. The first kappa shape index (κ1) is 25.9. The number of carbonyl (C=O) groups is 1. The SMILES string of the molecule is CSc1cccc(-c2ccc(/C=C/c3nc(-c4ccc(Cl)cc4Cl)cn3-c3cccc(C(=O)O)c3)cc2)c1. The summed E-state index contributed by atoms with van der Waals surface area (Å²) in [5.41, 5.74) is 5.58. The van der Waals surface area contributed by atoms with E-state index in [9.17, 15) is 9.90 Å². The third-order valence-electron chi connectivity index (χ3n) is 6.05. The summed E-state index contributed by atoms with van der Waals surface area (Å²) in [5, 5.41) is 10.5. The fraction of sp³-hybridized carbons (Fsp3) is 0.0323. The number of thioether (sulfide) groups is 1. The molecule has 1 N–H and O–H groups in total. The Morgan fingerprint density at radius 1 is 0.895 bits per heavy atom. The van der Waals surface area contributed by atoms with Crippen molar-refractivity contribution in [1.29, 1.82) is 0 Å². The lowest BCUT2D eigenvalue weighted by Crippen LogP contribution is -2.00. The largest absolute Gasteiger partial charge is 0.478 e. The van der Waals surface area contributed by atoms with Crippen LogP contribution in [0.3, 0.4) is 0 Å². The molecule has 188 valence electrons. The minimum atomic E-state index is -0.992. The Balaban J connectivity index is 1.52. The van der Waals surface area contributed by atoms with Gasteiger partial charge >= 0.3 is 5.97 Å². The van der Waals surface area contributed by atoms with E-state index in [1.54, 1.807) is 42.1 Å². The topological polar surface area (TPSA) is 55.1 Å². The molecule has 1 heterocycles. The van der Waals surface area contributed by atoms with E-state index in [-0.39, 0.29) is 5.56 Å². The number of halogens is 2. The van der Waals surface area contributed by atoms with Crippen molar-refractivity contribution in [2.24, 2.45) is 0 Å². The van der Waals surface area contributed by atoms with E-state index < -0.39 is 5.97 Å². The highest BCUT2D eigenvalue weighted by Crippen LogP contribution is 2.31. The van der Waals surface area contributed by atoms with Crippen LogP contribution >= 0.6 is 35.0 Å². The number of carboxylic acids is 1. The first-order valence-corrected chi connectivity index (χ1v) is 13.7. The Kier molecular flexibility index (Phi) is 7.70. The van der Waals surface area contributed by atoms with Crippen molar-refractivity contribution in [2.75, 3.05) is 6.26 Å². The lowest BCUT2D eigenvalue weighted by molar-refractivity contribution is 0.0697. The zero-order chi connectivity index (χ0) is 26.6. The highest BCUT2D eigenvalue weighted by atomic mass is 35.5. The minimum absolute atomic E-state index is 0.193. The Morgan fingerprint density at radius 2 is 1.68 bits per heavy atom. The predicted molar refractivity (Wildman–Crippen MR) is 159 cm³/mol. The molecule has 0 spiro atoms. The fourth-order valence-corrected chi connectivity index (χ4v) is 5.06. The summed E-state index contributed by atoms with van der Waals surface area (Å²) in [6, 6.07) is 28.8. The summed E-state index contributed by atoms with van der Waals surface area (Å²) < 4.78 is 1.85. The molecular formula is C31H22Cl2N2O2S. The van der Waals surface area contributed by atoms with Gasteiger partial charge in [0.15, 0.2) is 0 Å². The molecule has 0 amide bonds. The van der Waals surface area contributed by atoms with E-state index in [2.05, 4.69) is 54.8 Å². The molecule has 0 aliphatic carbocycles. The molecule has 4 aromatic carbocycles. The molecule has 1 aromatic heterocycles. The summed E-state index contributed by atoms with van der Waals surface area (Å²) in [5.74, 6) is -0.363. The van der Waals surface area contributed by atoms with Crippen molar-refractivity contribution in [2.45, 2.75) is 4.90 Å². The summed E-state index contributed by atoms with van der Waals surface area (Å²) in [7, 11) is 0. The molecular weight excluding hydrogens is 535 g/mol. The van der Waals surface area contributed by atoms with Crippen molar-refractivity contribution in [3.05, 3.63) is 124 Å². The Hall–Kier alpha value is -3.77. The van der Waals surface area contributed by atoms with Gasteiger partial charge in [-0.3, -0.25) is 4.57 Å². The third kappa shape index (κ3) is 5.70. The highest BCUT2D eigenvalue weighted by molar-refractivity contribution is 7.98. The van der Waals surface area contributed by atoms with Crippen LogP contribution in [0.2, 0.25) is 10.0 Å². The van der Waals surface area contributed by atoms with Crippen LogP contribution in [0.4, 0.5) is 0 Å². The van der Waals surface area contributed by atoms with Gasteiger partial charge < -0.3 is 5.11 Å². The maximum absolute atomic E-state index is 11.6. The second-order valence-corrected chi connectivity index (χ2v) is 10.2. The standard InChI is InChI=1S/C31H22Cl2N2O2S/c1-38-26-7-3-4-22(17-26)21-11-8-20(9-12-21)10-15-30-34-29(27-14-13-24(32)18-28(27)33)19-35(30)25-6-2-5-23(16-25)31(36)37/h2-19H,1H3,(H,36,37)/b15-10+. The number of aromatic nitrogens is 2. The van der Waals surface area contributed by atoms with E-state index in [1.165, 1.54) is 10.5 Å². The summed E-state index contributed by atoms with van der Waals surface area (Å²) >= 11 is 14.3. The van der Waals surface area contributed by atoms with E-state index in [0.717, 1.165) is 16.7 Å². The van der Waals surface area contributed by atoms with E-state index in [4.69, 9.17) is 28.2 Å². The quantitative estimate of drug-likeness (QED) is 0.203. The summed E-state index contributed by atoms with van der Waals surface area (Å²) in [6.45, 7) is 0. The first-order chi connectivity index (χ1) is 18.4. The smallest absolute Gasteiger partial charge is 0.335 e. The molecule has 0 radical (unpaired) electrons. The maximum atomic E-state index is 11.6. The molecule has 7 heteroatoms. The van der Waals surface area contributed by atoms with Crippen LogP contribution in [-0.4, -0.2) is 26.9 Å². The lowest BCUT2D eigenvalue weighted by Gasteiger charge is -2.06. The number of benzene rings is 4. The van der Waals surface area contributed by atoms with Gasteiger partial charge in [0.25, 0.3) is 0 Å². The predicted octanol–water partition coefficient (Wildman–Crippen LogP) is 9.10. The number of aromatic carboxylic acids is 1. The molecule has 0 saturated carbocycles. The average molecular weight is 558 g/mol. The van der Waals surface area contributed by atoms with Crippen LogP contribution in [0, 0.1) is 0 Å². The zero-order valence-corrected chi connectivity index (χ0v) is 22.6. The average Bonchev–Trinajstić information content (AvgIpc) is 3.36. The van der Waals surface area contributed by atoms with E-state index in [1.807, 2.05) is 35.0 Å². The van der Waals surface area contributed by atoms with Gasteiger partial charge in [0.2, 0.25) is 0 Å². The third-order valence-corrected chi connectivity index (χ3v) is 7.32. The van der Waals surface area contributed by atoms with Crippen molar-refractivity contribution in [3.8, 4) is 28.1 Å². The van der Waals surface area contributed by atoms with Crippen LogP contribution in [0.5, 0.6) is 0 Å². The number of nitrogens with zero attached hydrogens (tertiary/aromatic N) is 2. The van der Waals surface area contributed by atoms with Crippen molar-refractivity contribution in [3.63, 3.8) is 0 Å². The number of hydrogen-bond donors (Lipinski definition) is 1. The van der Waals surface area contributed by atoms with Crippen LogP contribution < -0.4 is 0 Å². The molecule has 0 saturated heterocycles. The number of carboxylic acid groups (broad SMARTS) is 1. The number of rotatable bonds is 7. The Labute approximate surface area is 235 Å². The molecule has 5 rings (SSSR count). The van der Waals surface area contributed by atoms with Crippen molar-refractivity contribution in [1.82, 2.24) is 9.55 Å². The molecule has 38 heavy (non-hydrogen) atoms. The fourth-order valence-electron chi connectivity index (χ4n) is 4.09. The van der Waals surface area contributed by atoms with Crippen molar-refractivity contribution >= 4 is 53.1 Å².